The minimum Gasteiger partial charge on any atom is -0.469 e. The first-order valence-electron chi connectivity index (χ1n) is 7.00. The average molecular weight is 278 g/mol. The minimum atomic E-state index is -1.65. The zero-order valence-corrected chi connectivity index (χ0v) is 13.8. The molecule has 1 aromatic rings. The molecule has 0 saturated carbocycles. The minimum absolute atomic E-state index is 0.0813. The third kappa shape index (κ3) is 4.50. The Hall–Kier alpha value is -1.09. The molecule has 1 rings (SSSR count). The highest BCUT2D eigenvalue weighted by atomic mass is 28.3. The number of carbonyl (C=O) groups is 1. The van der Waals surface area contributed by atoms with Crippen molar-refractivity contribution in [3.8, 4) is 0 Å². The maximum atomic E-state index is 11.7. The molecule has 3 heteroatoms. The van der Waals surface area contributed by atoms with Crippen LogP contribution in [0.2, 0.25) is 18.6 Å². The maximum Gasteiger partial charge on any atom is 0.305 e. The first kappa shape index (κ1) is 16.0. The van der Waals surface area contributed by atoms with Gasteiger partial charge in [-0.05, 0) is 17.9 Å². The van der Waals surface area contributed by atoms with Crippen molar-refractivity contribution in [2.24, 2.45) is 5.92 Å². The van der Waals surface area contributed by atoms with Gasteiger partial charge in [0.05, 0.1) is 15.2 Å². The fraction of sp³-hybridized carbons (Fsp3) is 0.562. The Bertz CT molecular complexity index is 398. The van der Waals surface area contributed by atoms with Crippen LogP contribution in [0.3, 0.4) is 0 Å². The molecule has 0 aliphatic heterocycles. The number of hydrogen-bond acceptors (Lipinski definition) is 2. The molecule has 0 fully saturated rings. The highest BCUT2D eigenvalue weighted by Crippen LogP contribution is 2.32. The van der Waals surface area contributed by atoms with E-state index in [1.807, 2.05) is 6.07 Å². The SMILES string of the molecule is COC(=O)CC(CC(C)C)[Si](C)(C)c1ccccc1. The molecule has 2 nitrogen and oxygen atoms in total. The summed E-state index contributed by atoms with van der Waals surface area (Å²) < 4.78 is 4.88. The quantitative estimate of drug-likeness (QED) is 0.587. The predicted molar refractivity (Wildman–Crippen MR) is 83.4 cm³/mol. The number of ether oxygens (including phenoxy) is 1. The van der Waals surface area contributed by atoms with E-state index in [1.54, 1.807) is 0 Å². The van der Waals surface area contributed by atoms with Gasteiger partial charge >= 0.3 is 5.97 Å². The van der Waals surface area contributed by atoms with Crippen LogP contribution < -0.4 is 5.19 Å². The average Bonchev–Trinajstić information content (AvgIpc) is 2.38. The Kier molecular flexibility index (Phi) is 5.79. The summed E-state index contributed by atoms with van der Waals surface area (Å²) in [5.41, 5.74) is 0.433. The molecule has 0 aliphatic rings. The predicted octanol–water partition coefficient (Wildman–Crippen LogP) is 3.58. The van der Waals surface area contributed by atoms with E-state index in [2.05, 4.69) is 51.2 Å². The lowest BCUT2D eigenvalue weighted by atomic mass is 10.1. The van der Waals surface area contributed by atoms with Crippen LogP contribution in [-0.4, -0.2) is 21.2 Å². The van der Waals surface area contributed by atoms with Gasteiger partial charge < -0.3 is 4.74 Å². The normalized spacial score (nSPS) is 13.4. The van der Waals surface area contributed by atoms with Crippen LogP contribution in [0.5, 0.6) is 0 Å². The monoisotopic (exact) mass is 278 g/mol. The van der Waals surface area contributed by atoms with Crippen LogP contribution in [0.15, 0.2) is 30.3 Å². The van der Waals surface area contributed by atoms with Crippen molar-refractivity contribution in [2.75, 3.05) is 7.11 Å². The van der Waals surface area contributed by atoms with Crippen molar-refractivity contribution in [1.29, 1.82) is 0 Å². The summed E-state index contributed by atoms with van der Waals surface area (Å²) in [5, 5.41) is 1.42. The topological polar surface area (TPSA) is 26.3 Å². The second kappa shape index (κ2) is 6.90. The number of methoxy groups -OCH3 is 1. The van der Waals surface area contributed by atoms with Gasteiger partial charge in [-0.3, -0.25) is 4.79 Å². The molecule has 0 saturated heterocycles. The number of hydrogen-bond donors (Lipinski definition) is 0. The first-order valence-corrected chi connectivity index (χ1v) is 10.1. The zero-order chi connectivity index (χ0) is 14.5. The summed E-state index contributed by atoms with van der Waals surface area (Å²) >= 11 is 0. The van der Waals surface area contributed by atoms with Gasteiger partial charge in [-0.25, -0.2) is 0 Å². The number of rotatable bonds is 6. The van der Waals surface area contributed by atoms with Gasteiger partial charge in [-0.1, -0.05) is 62.5 Å². The fourth-order valence-electron chi connectivity index (χ4n) is 2.59. The van der Waals surface area contributed by atoms with Crippen LogP contribution in [0.25, 0.3) is 0 Å². The molecule has 0 radical (unpaired) electrons. The molecule has 0 heterocycles. The van der Waals surface area contributed by atoms with Gasteiger partial charge in [-0.2, -0.15) is 0 Å². The van der Waals surface area contributed by atoms with Gasteiger partial charge in [0.15, 0.2) is 0 Å². The van der Waals surface area contributed by atoms with Crippen LogP contribution in [0.4, 0.5) is 0 Å². The lowest BCUT2D eigenvalue weighted by Crippen LogP contribution is -2.47. The number of benzene rings is 1. The summed E-state index contributed by atoms with van der Waals surface area (Å²) in [6.07, 6.45) is 1.63. The molecule has 0 N–H and O–H groups in total. The lowest BCUT2D eigenvalue weighted by molar-refractivity contribution is -0.140. The van der Waals surface area contributed by atoms with Gasteiger partial charge in [0.2, 0.25) is 0 Å². The van der Waals surface area contributed by atoms with E-state index in [0.717, 1.165) is 6.42 Å². The summed E-state index contributed by atoms with van der Waals surface area (Å²) in [5.74, 6) is 0.521. The highest BCUT2D eigenvalue weighted by molar-refractivity contribution is 6.91. The molecular formula is C16H26O2Si. The smallest absolute Gasteiger partial charge is 0.305 e. The summed E-state index contributed by atoms with van der Waals surface area (Å²) in [6.45, 7) is 9.16. The molecule has 0 aromatic heterocycles. The first-order chi connectivity index (χ1) is 8.87. The second-order valence-electron chi connectivity index (χ2n) is 6.19. The van der Waals surface area contributed by atoms with E-state index in [9.17, 15) is 4.79 Å². The number of carbonyl (C=O) groups excluding carboxylic acids is 1. The summed E-state index contributed by atoms with van der Waals surface area (Å²) in [6, 6.07) is 10.6. The van der Waals surface area contributed by atoms with Crippen molar-refractivity contribution in [3.05, 3.63) is 30.3 Å². The standard InChI is InChI=1S/C16H26O2Si/c1-13(2)11-15(12-16(17)18-3)19(4,5)14-9-7-6-8-10-14/h6-10,13,15H,11-12H2,1-5H3. The molecule has 1 atom stereocenters. The largest absolute Gasteiger partial charge is 0.469 e. The van der Waals surface area contributed by atoms with E-state index in [4.69, 9.17) is 4.74 Å². The summed E-state index contributed by atoms with van der Waals surface area (Å²) in [4.78, 5) is 11.7. The van der Waals surface area contributed by atoms with Gasteiger partial charge in [0.1, 0.15) is 0 Å². The van der Waals surface area contributed by atoms with Crippen LogP contribution in [0.1, 0.15) is 26.7 Å². The van der Waals surface area contributed by atoms with Gasteiger partial charge in [-0.15, -0.1) is 0 Å². The second-order valence-corrected chi connectivity index (χ2v) is 11.0. The molecule has 1 aromatic carbocycles. The van der Waals surface area contributed by atoms with Gasteiger partial charge in [0, 0.05) is 6.42 Å². The molecule has 1 unspecified atom stereocenters. The van der Waals surface area contributed by atoms with Crippen molar-refractivity contribution in [3.63, 3.8) is 0 Å². The Labute approximate surface area is 118 Å². The van der Waals surface area contributed by atoms with E-state index in [1.165, 1.54) is 12.3 Å². The maximum absolute atomic E-state index is 11.7. The molecule has 106 valence electrons. The molecule has 0 spiro atoms. The van der Waals surface area contributed by atoms with Crippen molar-refractivity contribution in [1.82, 2.24) is 0 Å². The van der Waals surface area contributed by atoms with Crippen molar-refractivity contribution < 1.29 is 9.53 Å². The van der Waals surface area contributed by atoms with Crippen LogP contribution in [0, 0.1) is 5.92 Å². The Morgan fingerprint density at radius 3 is 2.26 bits per heavy atom. The van der Waals surface area contributed by atoms with Crippen molar-refractivity contribution >= 4 is 19.2 Å². The van der Waals surface area contributed by atoms with E-state index in [-0.39, 0.29) is 5.97 Å². The van der Waals surface area contributed by atoms with E-state index < -0.39 is 8.07 Å². The van der Waals surface area contributed by atoms with E-state index >= 15 is 0 Å². The Balaban J connectivity index is 2.97. The Morgan fingerprint density at radius 2 is 1.79 bits per heavy atom. The third-order valence-corrected chi connectivity index (χ3v) is 8.24. The van der Waals surface area contributed by atoms with Gasteiger partial charge in [0.25, 0.3) is 0 Å². The Morgan fingerprint density at radius 1 is 1.21 bits per heavy atom. The number of esters is 1. The van der Waals surface area contributed by atoms with Crippen molar-refractivity contribution in [2.45, 2.75) is 45.3 Å². The summed E-state index contributed by atoms with van der Waals surface area (Å²) in [7, 11) is -0.173. The third-order valence-electron chi connectivity index (χ3n) is 3.94. The molecule has 0 aliphatic carbocycles. The molecule has 19 heavy (non-hydrogen) atoms. The molecule has 0 amide bonds. The highest BCUT2D eigenvalue weighted by Gasteiger charge is 2.35. The lowest BCUT2D eigenvalue weighted by Gasteiger charge is -2.33. The molecule has 0 bridgehead atoms. The zero-order valence-electron chi connectivity index (χ0n) is 12.8. The molecular weight excluding hydrogens is 252 g/mol. The van der Waals surface area contributed by atoms with Crippen LogP contribution >= 0.6 is 0 Å². The fourth-order valence-corrected chi connectivity index (χ4v) is 5.85. The van der Waals surface area contributed by atoms with Crippen LogP contribution in [-0.2, 0) is 9.53 Å². The van der Waals surface area contributed by atoms with E-state index in [0.29, 0.717) is 17.9 Å².